The Labute approximate surface area is 139 Å². The molecule has 126 valence electrons. The van der Waals surface area contributed by atoms with Gasteiger partial charge in [-0.3, -0.25) is 9.59 Å². The molecule has 0 saturated carbocycles. The van der Waals surface area contributed by atoms with Crippen LogP contribution in [0.5, 0.6) is 0 Å². The first-order valence-electron chi connectivity index (χ1n) is 8.40. The highest BCUT2D eigenvalue weighted by atomic mass is 16.2. The molecule has 1 aliphatic heterocycles. The average molecular weight is 316 g/mol. The van der Waals surface area contributed by atoms with E-state index in [4.69, 9.17) is 0 Å². The Bertz CT molecular complexity index is 558. The summed E-state index contributed by atoms with van der Waals surface area (Å²) in [5, 5.41) is 0. The van der Waals surface area contributed by atoms with Gasteiger partial charge in [0.2, 0.25) is 11.8 Å². The summed E-state index contributed by atoms with van der Waals surface area (Å²) in [6, 6.07) is 8.33. The lowest BCUT2D eigenvalue weighted by Crippen LogP contribution is -2.37. The maximum atomic E-state index is 12.5. The van der Waals surface area contributed by atoms with Crippen LogP contribution >= 0.6 is 0 Å². The molecule has 1 aliphatic rings. The van der Waals surface area contributed by atoms with Gasteiger partial charge in [-0.1, -0.05) is 45.0 Å². The molecule has 1 fully saturated rings. The molecule has 2 rings (SSSR count). The molecule has 4 heteroatoms. The molecule has 1 aromatic rings. The minimum absolute atomic E-state index is 0.0945. The van der Waals surface area contributed by atoms with Crippen LogP contribution in [0.25, 0.3) is 0 Å². The second kappa shape index (κ2) is 7.16. The molecule has 0 N–H and O–H groups in total. The van der Waals surface area contributed by atoms with Gasteiger partial charge in [-0.25, -0.2) is 0 Å². The lowest BCUT2D eigenvalue weighted by Gasteiger charge is -2.22. The van der Waals surface area contributed by atoms with Crippen molar-refractivity contribution < 1.29 is 9.59 Å². The van der Waals surface area contributed by atoms with Crippen LogP contribution in [-0.2, 0) is 21.4 Å². The fourth-order valence-electron chi connectivity index (χ4n) is 2.89. The highest BCUT2D eigenvalue weighted by molar-refractivity contribution is 5.79. The molecule has 0 atom stereocenters. The third-order valence-electron chi connectivity index (χ3n) is 4.47. The van der Waals surface area contributed by atoms with E-state index in [0.29, 0.717) is 19.5 Å². The number of hydrogen-bond acceptors (Lipinski definition) is 2. The summed E-state index contributed by atoms with van der Waals surface area (Å²) in [7, 11) is 0. The zero-order chi connectivity index (χ0) is 17.0. The third-order valence-corrected chi connectivity index (χ3v) is 4.47. The van der Waals surface area contributed by atoms with Crippen LogP contribution in [0, 0.1) is 0 Å². The van der Waals surface area contributed by atoms with Crippen molar-refractivity contribution in [1.29, 1.82) is 0 Å². The summed E-state index contributed by atoms with van der Waals surface area (Å²) in [4.78, 5) is 27.7. The zero-order valence-electron chi connectivity index (χ0n) is 14.8. The van der Waals surface area contributed by atoms with Gasteiger partial charge in [0.15, 0.2) is 0 Å². The Morgan fingerprint density at radius 1 is 0.957 bits per heavy atom. The van der Waals surface area contributed by atoms with Crippen molar-refractivity contribution in [2.75, 3.05) is 26.2 Å². The molecule has 4 nitrogen and oxygen atoms in total. The van der Waals surface area contributed by atoms with Gasteiger partial charge in [-0.2, -0.15) is 0 Å². The molecule has 0 unspecified atom stereocenters. The minimum Gasteiger partial charge on any atom is -0.341 e. The molecule has 0 radical (unpaired) electrons. The van der Waals surface area contributed by atoms with E-state index in [9.17, 15) is 9.59 Å². The van der Waals surface area contributed by atoms with Crippen molar-refractivity contribution in [3.05, 3.63) is 35.4 Å². The summed E-state index contributed by atoms with van der Waals surface area (Å²) < 4.78 is 0. The quantitative estimate of drug-likeness (QED) is 0.841. The number of carbonyl (C=O) groups excluding carboxylic acids is 2. The third kappa shape index (κ3) is 4.81. The number of benzene rings is 1. The van der Waals surface area contributed by atoms with E-state index in [-0.39, 0.29) is 17.2 Å². The summed E-state index contributed by atoms with van der Waals surface area (Å²) in [5.74, 6) is 0.246. The number of nitrogens with zero attached hydrogens (tertiary/aromatic N) is 2. The summed E-state index contributed by atoms with van der Waals surface area (Å²) in [6.07, 6.45) is 1.29. The molecule has 1 aromatic carbocycles. The zero-order valence-corrected chi connectivity index (χ0v) is 14.8. The second-order valence-corrected chi connectivity index (χ2v) is 7.36. The van der Waals surface area contributed by atoms with Crippen LogP contribution in [0.1, 0.15) is 45.2 Å². The molecule has 0 bridgehead atoms. The van der Waals surface area contributed by atoms with Crippen LogP contribution in [-0.4, -0.2) is 47.8 Å². The number of rotatable bonds is 2. The molecule has 2 amide bonds. The predicted octanol–water partition coefficient (Wildman–Crippen LogP) is 2.61. The first-order chi connectivity index (χ1) is 10.8. The van der Waals surface area contributed by atoms with Crippen molar-refractivity contribution in [3.63, 3.8) is 0 Å². The van der Waals surface area contributed by atoms with E-state index >= 15 is 0 Å². The Morgan fingerprint density at radius 2 is 1.52 bits per heavy atom. The molecular formula is C19H28N2O2. The SMILES string of the molecule is CC(=O)N1CCCN(C(=O)Cc2ccc(C(C)(C)C)cc2)CC1. The molecule has 1 heterocycles. The second-order valence-electron chi connectivity index (χ2n) is 7.36. The van der Waals surface area contributed by atoms with Gasteiger partial charge in [0.25, 0.3) is 0 Å². The van der Waals surface area contributed by atoms with Crippen molar-refractivity contribution >= 4 is 11.8 Å². The maximum Gasteiger partial charge on any atom is 0.227 e. The number of carbonyl (C=O) groups is 2. The van der Waals surface area contributed by atoms with Crippen LogP contribution in [0.15, 0.2) is 24.3 Å². The summed E-state index contributed by atoms with van der Waals surface area (Å²) in [5.41, 5.74) is 2.46. The first-order valence-corrected chi connectivity index (χ1v) is 8.40. The topological polar surface area (TPSA) is 40.6 Å². The summed E-state index contributed by atoms with van der Waals surface area (Å²) >= 11 is 0. The fourth-order valence-corrected chi connectivity index (χ4v) is 2.89. The molecule has 1 saturated heterocycles. The van der Waals surface area contributed by atoms with Gasteiger partial charge in [-0.15, -0.1) is 0 Å². The smallest absolute Gasteiger partial charge is 0.227 e. The molecular weight excluding hydrogens is 288 g/mol. The normalized spacial score (nSPS) is 16.2. The maximum absolute atomic E-state index is 12.5. The Hall–Kier alpha value is -1.84. The van der Waals surface area contributed by atoms with Gasteiger partial charge in [-0.05, 0) is 23.0 Å². The van der Waals surface area contributed by atoms with Crippen LogP contribution in [0.2, 0.25) is 0 Å². The van der Waals surface area contributed by atoms with Gasteiger partial charge in [0.05, 0.1) is 6.42 Å². The molecule has 0 aromatic heterocycles. The van der Waals surface area contributed by atoms with E-state index < -0.39 is 0 Å². The van der Waals surface area contributed by atoms with Gasteiger partial charge >= 0.3 is 0 Å². The molecule has 0 aliphatic carbocycles. The Balaban J connectivity index is 1.95. The van der Waals surface area contributed by atoms with E-state index in [1.54, 1.807) is 6.92 Å². The van der Waals surface area contributed by atoms with Crippen LogP contribution in [0.4, 0.5) is 0 Å². The number of amides is 2. The van der Waals surface area contributed by atoms with Crippen molar-refractivity contribution in [1.82, 2.24) is 9.80 Å². The van der Waals surface area contributed by atoms with Crippen LogP contribution < -0.4 is 0 Å². The fraction of sp³-hybridized carbons (Fsp3) is 0.579. The monoisotopic (exact) mass is 316 g/mol. The van der Waals surface area contributed by atoms with Gasteiger partial charge in [0.1, 0.15) is 0 Å². The van der Waals surface area contributed by atoms with E-state index in [1.165, 1.54) is 5.56 Å². The van der Waals surface area contributed by atoms with Crippen LogP contribution in [0.3, 0.4) is 0 Å². The minimum atomic E-state index is 0.0945. The van der Waals surface area contributed by atoms with Gasteiger partial charge < -0.3 is 9.80 Å². The molecule has 23 heavy (non-hydrogen) atoms. The van der Waals surface area contributed by atoms with E-state index in [2.05, 4.69) is 45.0 Å². The van der Waals surface area contributed by atoms with Crippen molar-refractivity contribution in [2.24, 2.45) is 0 Å². The van der Waals surface area contributed by atoms with E-state index in [1.807, 2.05) is 9.80 Å². The lowest BCUT2D eigenvalue weighted by molar-refractivity contribution is -0.132. The summed E-state index contributed by atoms with van der Waals surface area (Å²) in [6.45, 7) is 10.9. The predicted molar refractivity (Wildman–Crippen MR) is 92.3 cm³/mol. The van der Waals surface area contributed by atoms with Gasteiger partial charge in [0, 0.05) is 33.1 Å². The Morgan fingerprint density at radius 3 is 2.09 bits per heavy atom. The highest BCUT2D eigenvalue weighted by Crippen LogP contribution is 2.22. The van der Waals surface area contributed by atoms with Crippen molar-refractivity contribution in [2.45, 2.75) is 46.0 Å². The molecule has 0 spiro atoms. The Kier molecular flexibility index (Phi) is 5.45. The average Bonchev–Trinajstić information content (AvgIpc) is 2.73. The standard InChI is InChI=1S/C19H28N2O2/c1-15(22)20-10-5-11-21(13-12-20)18(23)14-16-6-8-17(9-7-16)19(2,3)4/h6-9H,5,10-14H2,1-4H3. The lowest BCUT2D eigenvalue weighted by atomic mass is 9.86. The first kappa shape index (κ1) is 17.5. The van der Waals surface area contributed by atoms with E-state index in [0.717, 1.165) is 25.1 Å². The highest BCUT2D eigenvalue weighted by Gasteiger charge is 2.20. The number of hydrogen-bond donors (Lipinski definition) is 0. The largest absolute Gasteiger partial charge is 0.341 e. The van der Waals surface area contributed by atoms with Crippen molar-refractivity contribution in [3.8, 4) is 0 Å².